The number of benzene rings is 1. The summed E-state index contributed by atoms with van der Waals surface area (Å²) >= 11 is 0. The summed E-state index contributed by atoms with van der Waals surface area (Å²) in [5.41, 5.74) is 0.338. The molecule has 0 saturated carbocycles. The van der Waals surface area contributed by atoms with Crippen LogP contribution in [0.4, 0.5) is 4.39 Å². The van der Waals surface area contributed by atoms with Gasteiger partial charge in [0.15, 0.2) is 9.84 Å². The summed E-state index contributed by atoms with van der Waals surface area (Å²) in [6.45, 7) is 1.36. The summed E-state index contributed by atoms with van der Waals surface area (Å²) in [5.74, 6) is -0.832. The quantitative estimate of drug-likeness (QED) is 0.820. The van der Waals surface area contributed by atoms with Crippen molar-refractivity contribution >= 4 is 15.6 Å². The van der Waals surface area contributed by atoms with Crippen molar-refractivity contribution in [3.63, 3.8) is 0 Å². The molecule has 0 aliphatic carbocycles. The number of sulfone groups is 1. The largest absolute Gasteiger partial charge is 0.496 e. The van der Waals surface area contributed by atoms with Gasteiger partial charge in [-0.15, -0.1) is 0 Å². The van der Waals surface area contributed by atoms with E-state index in [0.29, 0.717) is 5.56 Å². The lowest BCUT2D eigenvalue weighted by Crippen LogP contribution is -2.06. The second-order valence-corrected chi connectivity index (χ2v) is 5.73. The lowest BCUT2D eigenvalue weighted by atomic mass is 10.1. The van der Waals surface area contributed by atoms with Crippen LogP contribution >= 0.6 is 0 Å². The standard InChI is InChI=1S/C11H13FO4S/c1-7(13)4-8-5-9(12)11(17(3,14)15)6-10(8)16-2/h5-6H,4H2,1-3H3. The van der Waals surface area contributed by atoms with Crippen LogP contribution in [0.2, 0.25) is 0 Å². The van der Waals surface area contributed by atoms with E-state index in [1.54, 1.807) is 0 Å². The van der Waals surface area contributed by atoms with Gasteiger partial charge in [-0.1, -0.05) is 0 Å². The van der Waals surface area contributed by atoms with Crippen LogP contribution in [-0.2, 0) is 21.1 Å². The van der Waals surface area contributed by atoms with E-state index >= 15 is 0 Å². The van der Waals surface area contributed by atoms with Crippen molar-refractivity contribution in [2.24, 2.45) is 0 Å². The number of carbonyl (C=O) groups excluding carboxylic acids is 1. The van der Waals surface area contributed by atoms with E-state index in [1.807, 2.05) is 0 Å². The Kier molecular flexibility index (Phi) is 3.87. The molecule has 0 fully saturated rings. The number of carbonyl (C=O) groups is 1. The molecular formula is C11H13FO4S. The molecule has 0 saturated heterocycles. The smallest absolute Gasteiger partial charge is 0.178 e. The van der Waals surface area contributed by atoms with Gasteiger partial charge in [-0.3, -0.25) is 4.79 Å². The predicted molar refractivity (Wildman–Crippen MR) is 60.4 cm³/mol. The first kappa shape index (κ1) is 13.6. The first-order chi connectivity index (χ1) is 7.75. The highest BCUT2D eigenvalue weighted by Gasteiger charge is 2.18. The van der Waals surface area contributed by atoms with Crippen LogP contribution in [0.5, 0.6) is 5.75 Å². The minimum Gasteiger partial charge on any atom is -0.496 e. The molecule has 0 heterocycles. The SMILES string of the molecule is COc1cc(S(C)(=O)=O)c(F)cc1CC(C)=O. The summed E-state index contributed by atoms with van der Waals surface area (Å²) in [4.78, 5) is 10.5. The monoisotopic (exact) mass is 260 g/mol. The minimum absolute atomic E-state index is 0.00410. The highest BCUT2D eigenvalue weighted by atomic mass is 32.2. The van der Waals surface area contributed by atoms with Gasteiger partial charge in [-0.2, -0.15) is 0 Å². The molecule has 6 heteroatoms. The molecule has 4 nitrogen and oxygen atoms in total. The Labute approximate surface area is 99.3 Å². The van der Waals surface area contributed by atoms with E-state index in [4.69, 9.17) is 4.74 Å². The molecule has 94 valence electrons. The Bertz CT molecular complexity index is 549. The third-order valence-electron chi connectivity index (χ3n) is 2.17. The van der Waals surface area contributed by atoms with E-state index in [9.17, 15) is 17.6 Å². The average Bonchev–Trinajstić information content (AvgIpc) is 2.14. The summed E-state index contributed by atoms with van der Waals surface area (Å²) < 4.78 is 41.1. The van der Waals surface area contributed by atoms with Crippen LogP contribution in [0.25, 0.3) is 0 Å². The Balaban J connectivity index is 3.40. The summed E-state index contributed by atoms with van der Waals surface area (Å²) in [6, 6.07) is 2.12. The first-order valence-corrected chi connectivity index (χ1v) is 6.70. The highest BCUT2D eigenvalue weighted by molar-refractivity contribution is 7.90. The Morgan fingerprint density at radius 2 is 2.00 bits per heavy atom. The van der Waals surface area contributed by atoms with Gasteiger partial charge in [0.05, 0.1) is 7.11 Å². The van der Waals surface area contributed by atoms with Crippen LogP contribution < -0.4 is 4.74 Å². The molecule has 1 aromatic carbocycles. The Hall–Kier alpha value is -1.43. The number of hydrogen-bond donors (Lipinski definition) is 0. The lowest BCUT2D eigenvalue weighted by Gasteiger charge is -2.10. The molecule has 0 aliphatic rings. The zero-order valence-corrected chi connectivity index (χ0v) is 10.6. The minimum atomic E-state index is -3.65. The molecule has 0 spiro atoms. The van der Waals surface area contributed by atoms with Crippen LogP contribution in [0.1, 0.15) is 12.5 Å². The van der Waals surface area contributed by atoms with Crippen molar-refractivity contribution in [3.8, 4) is 5.75 Å². The summed E-state index contributed by atoms with van der Waals surface area (Å²) in [6.07, 6.45) is 0.916. The van der Waals surface area contributed by atoms with Crippen molar-refractivity contribution in [1.82, 2.24) is 0 Å². The molecule has 1 rings (SSSR count). The normalized spacial score (nSPS) is 11.3. The molecule has 0 aliphatic heterocycles. The van der Waals surface area contributed by atoms with E-state index in [2.05, 4.69) is 0 Å². The highest BCUT2D eigenvalue weighted by Crippen LogP contribution is 2.26. The lowest BCUT2D eigenvalue weighted by molar-refractivity contribution is -0.116. The van der Waals surface area contributed by atoms with Gasteiger partial charge in [0.25, 0.3) is 0 Å². The molecule has 17 heavy (non-hydrogen) atoms. The van der Waals surface area contributed by atoms with E-state index < -0.39 is 20.5 Å². The number of methoxy groups -OCH3 is 1. The van der Waals surface area contributed by atoms with Crippen molar-refractivity contribution in [2.45, 2.75) is 18.2 Å². The molecule has 0 amide bonds. The number of halogens is 1. The van der Waals surface area contributed by atoms with Gasteiger partial charge in [0.1, 0.15) is 22.2 Å². The second-order valence-electron chi connectivity index (χ2n) is 3.75. The van der Waals surface area contributed by atoms with Gasteiger partial charge in [0.2, 0.25) is 0 Å². The maximum absolute atomic E-state index is 13.6. The average molecular weight is 260 g/mol. The third-order valence-corrected chi connectivity index (χ3v) is 3.29. The van der Waals surface area contributed by atoms with Crippen molar-refractivity contribution in [3.05, 3.63) is 23.5 Å². The topological polar surface area (TPSA) is 60.4 Å². The second kappa shape index (κ2) is 4.83. The molecule has 1 aromatic rings. The number of rotatable bonds is 4. The zero-order valence-electron chi connectivity index (χ0n) is 9.78. The van der Waals surface area contributed by atoms with Crippen LogP contribution in [0.3, 0.4) is 0 Å². The number of hydrogen-bond acceptors (Lipinski definition) is 4. The van der Waals surface area contributed by atoms with Crippen LogP contribution in [0.15, 0.2) is 17.0 Å². The Morgan fingerprint density at radius 3 is 2.41 bits per heavy atom. The van der Waals surface area contributed by atoms with Crippen molar-refractivity contribution in [1.29, 1.82) is 0 Å². The maximum Gasteiger partial charge on any atom is 0.178 e. The van der Waals surface area contributed by atoms with Gasteiger partial charge < -0.3 is 4.74 Å². The van der Waals surface area contributed by atoms with Gasteiger partial charge in [-0.05, 0) is 13.0 Å². The van der Waals surface area contributed by atoms with Crippen LogP contribution in [-0.4, -0.2) is 27.6 Å². The molecule has 0 radical (unpaired) electrons. The van der Waals surface area contributed by atoms with E-state index in [0.717, 1.165) is 18.4 Å². The van der Waals surface area contributed by atoms with E-state index in [-0.39, 0.29) is 18.0 Å². The summed E-state index contributed by atoms with van der Waals surface area (Å²) in [5, 5.41) is 0. The molecule has 0 aromatic heterocycles. The number of ether oxygens (including phenoxy) is 1. The number of Topliss-reactive ketones (excluding diaryl/α,β-unsaturated/α-hetero) is 1. The molecule has 0 N–H and O–H groups in total. The fourth-order valence-corrected chi connectivity index (χ4v) is 2.19. The van der Waals surface area contributed by atoms with Crippen molar-refractivity contribution in [2.75, 3.05) is 13.4 Å². The van der Waals surface area contributed by atoms with E-state index in [1.165, 1.54) is 14.0 Å². The first-order valence-electron chi connectivity index (χ1n) is 4.81. The van der Waals surface area contributed by atoms with Gasteiger partial charge in [-0.25, -0.2) is 12.8 Å². The Morgan fingerprint density at radius 1 is 1.41 bits per heavy atom. The zero-order chi connectivity index (χ0) is 13.2. The summed E-state index contributed by atoms with van der Waals surface area (Å²) in [7, 11) is -2.32. The third kappa shape index (κ3) is 3.26. The predicted octanol–water partition coefficient (Wildman–Crippen LogP) is 1.37. The van der Waals surface area contributed by atoms with Gasteiger partial charge >= 0.3 is 0 Å². The fraction of sp³-hybridized carbons (Fsp3) is 0.364. The van der Waals surface area contributed by atoms with Crippen LogP contribution in [0, 0.1) is 5.82 Å². The molecule has 0 atom stereocenters. The fourth-order valence-electron chi connectivity index (χ4n) is 1.46. The van der Waals surface area contributed by atoms with Gasteiger partial charge in [0, 0.05) is 24.3 Å². The van der Waals surface area contributed by atoms with Crippen molar-refractivity contribution < 1.29 is 22.3 Å². The molecular weight excluding hydrogens is 247 g/mol. The molecule has 0 bridgehead atoms. The number of ketones is 1. The molecule has 0 unspecified atom stereocenters. The maximum atomic E-state index is 13.6.